The van der Waals surface area contributed by atoms with E-state index < -0.39 is 17.6 Å². The standard InChI is InChI=1S/C17H11F2NO3/c1-22-12-5-2-10(3-6-12)8-15-17(21)23-16(20-15)13-7-4-11(18)9-14(13)19/h2-9H,1H3/b15-8-. The Morgan fingerprint density at radius 3 is 2.52 bits per heavy atom. The Kier molecular flexibility index (Phi) is 3.89. The molecule has 1 aliphatic rings. The summed E-state index contributed by atoms with van der Waals surface area (Å²) in [5.74, 6) is -1.77. The van der Waals surface area contributed by atoms with Crippen molar-refractivity contribution in [2.45, 2.75) is 0 Å². The van der Waals surface area contributed by atoms with Crippen LogP contribution in [-0.4, -0.2) is 19.0 Å². The number of hydrogen-bond donors (Lipinski definition) is 0. The van der Waals surface area contributed by atoms with Gasteiger partial charge in [-0.05, 0) is 35.9 Å². The maximum Gasteiger partial charge on any atom is 0.363 e. The molecule has 6 heteroatoms. The zero-order valence-electron chi connectivity index (χ0n) is 12.0. The lowest BCUT2D eigenvalue weighted by Crippen LogP contribution is -2.07. The van der Waals surface area contributed by atoms with E-state index in [0.29, 0.717) is 17.4 Å². The molecule has 0 aliphatic carbocycles. The summed E-state index contributed by atoms with van der Waals surface area (Å²) in [7, 11) is 1.55. The molecular weight excluding hydrogens is 304 g/mol. The van der Waals surface area contributed by atoms with Gasteiger partial charge in [-0.1, -0.05) is 12.1 Å². The first-order chi connectivity index (χ1) is 11.1. The number of methoxy groups -OCH3 is 1. The minimum absolute atomic E-state index is 0.0360. The first-order valence-corrected chi connectivity index (χ1v) is 6.69. The molecule has 0 aromatic heterocycles. The molecule has 116 valence electrons. The van der Waals surface area contributed by atoms with Gasteiger partial charge in [0.1, 0.15) is 17.4 Å². The fraction of sp³-hybridized carbons (Fsp3) is 0.0588. The van der Waals surface area contributed by atoms with Crippen molar-refractivity contribution in [3.05, 3.63) is 70.9 Å². The molecule has 0 saturated carbocycles. The van der Waals surface area contributed by atoms with Gasteiger partial charge in [-0.25, -0.2) is 18.6 Å². The van der Waals surface area contributed by atoms with Gasteiger partial charge in [-0.15, -0.1) is 0 Å². The Hall–Kier alpha value is -3.02. The number of ether oxygens (including phenoxy) is 2. The number of benzene rings is 2. The van der Waals surface area contributed by atoms with Crippen LogP contribution >= 0.6 is 0 Å². The van der Waals surface area contributed by atoms with E-state index in [9.17, 15) is 13.6 Å². The topological polar surface area (TPSA) is 47.9 Å². The highest BCUT2D eigenvalue weighted by Crippen LogP contribution is 2.22. The van der Waals surface area contributed by atoms with E-state index in [2.05, 4.69) is 4.99 Å². The molecule has 0 fully saturated rings. The molecule has 0 unspecified atom stereocenters. The number of carbonyl (C=O) groups is 1. The number of halogens is 2. The number of esters is 1. The van der Waals surface area contributed by atoms with Crippen LogP contribution in [0.15, 0.2) is 53.2 Å². The van der Waals surface area contributed by atoms with E-state index in [1.165, 1.54) is 12.1 Å². The van der Waals surface area contributed by atoms with E-state index in [1.807, 2.05) is 0 Å². The highest BCUT2D eigenvalue weighted by atomic mass is 19.1. The predicted molar refractivity (Wildman–Crippen MR) is 80.0 cm³/mol. The van der Waals surface area contributed by atoms with Gasteiger partial charge in [0.25, 0.3) is 0 Å². The average molecular weight is 315 g/mol. The lowest BCUT2D eigenvalue weighted by atomic mass is 10.2. The third-order valence-electron chi connectivity index (χ3n) is 3.20. The molecule has 3 rings (SSSR count). The van der Waals surface area contributed by atoms with E-state index in [4.69, 9.17) is 9.47 Å². The molecule has 4 nitrogen and oxygen atoms in total. The quantitative estimate of drug-likeness (QED) is 0.645. The van der Waals surface area contributed by atoms with Crippen LogP contribution in [0.2, 0.25) is 0 Å². The van der Waals surface area contributed by atoms with E-state index in [-0.39, 0.29) is 17.2 Å². The zero-order valence-corrected chi connectivity index (χ0v) is 12.0. The Morgan fingerprint density at radius 2 is 1.87 bits per heavy atom. The number of cyclic esters (lactones) is 1. The van der Waals surface area contributed by atoms with Gasteiger partial charge >= 0.3 is 5.97 Å². The Morgan fingerprint density at radius 1 is 1.13 bits per heavy atom. The molecule has 0 saturated heterocycles. The maximum absolute atomic E-state index is 13.7. The lowest BCUT2D eigenvalue weighted by Gasteiger charge is -2.00. The highest BCUT2D eigenvalue weighted by Gasteiger charge is 2.26. The van der Waals surface area contributed by atoms with E-state index in [0.717, 1.165) is 6.07 Å². The van der Waals surface area contributed by atoms with Crippen LogP contribution in [-0.2, 0) is 9.53 Å². The number of rotatable bonds is 3. The molecule has 0 amide bonds. The first-order valence-electron chi connectivity index (χ1n) is 6.69. The monoisotopic (exact) mass is 315 g/mol. The molecule has 23 heavy (non-hydrogen) atoms. The zero-order chi connectivity index (χ0) is 16.4. The summed E-state index contributed by atoms with van der Waals surface area (Å²) in [5.41, 5.74) is 0.675. The van der Waals surface area contributed by atoms with Gasteiger partial charge in [-0.2, -0.15) is 0 Å². The largest absolute Gasteiger partial charge is 0.497 e. The van der Waals surface area contributed by atoms with Crippen molar-refractivity contribution in [1.29, 1.82) is 0 Å². The second-order valence-corrected chi connectivity index (χ2v) is 4.73. The minimum Gasteiger partial charge on any atom is -0.497 e. The minimum atomic E-state index is -0.845. The Balaban J connectivity index is 1.92. The summed E-state index contributed by atoms with van der Waals surface area (Å²) in [4.78, 5) is 15.8. The fourth-order valence-electron chi connectivity index (χ4n) is 2.05. The Labute approximate surface area is 130 Å². The number of carbonyl (C=O) groups excluding carboxylic acids is 1. The molecular formula is C17H11F2NO3. The van der Waals surface area contributed by atoms with Crippen molar-refractivity contribution in [3.63, 3.8) is 0 Å². The van der Waals surface area contributed by atoms with Crippen LogP contribution in [0, 0.1) is 11.6 Å². The average Bonchev–Trinajstić information content (AvgIpc) is 2.88. The van der Waals surface area contributed by atoms with Gasteiger partial charge in [0.15, 0.2) is 5.70 Å². The molecule has 1 aliphatic heterocycles. The highest BCUT2D eigenvalue weighted by molar-refractivity contribution is 6.12. The summed E-state index contributed by atoms with van der Waals surface area (Å²) >= 11 is 0. The first kappa shape index (κ1) is 14.9. The normalized spacial score (nSPS) is 15.5. The number of aliphatic imine (C=N–C) groups is 1. The van der Waals surface area contributed by atoms with E-state index >= 15 is 0 Å². The molecule has 0 N–H and O–H groups in total. The van der Waals surface area contributed by atoms with Crippen LogP contribution in [0.25, 0.3) is 6.08 Å². The predicted octanol–water partition coefficient (Wildman–Crippen LogP) is 3.32. The van der Waals surface area contributed by atoms with Crippen molar-refractivity contribution in [2.24, 2.45) is 4.99 Å². The molecule has 2 aromatic carbocycles. The third kappa shape index (κ3) is 3.11. The molecule has 2 aromatic rings. The molecule has 0 atom stereocenters. The Bertz CT molecular complexity index is 826. The fourth-order valence-corrected chi connectivity index (χ4v) is 2.05. The lowest BCUT2D eigenvalue weighted by molar-refractivity contribution is -0.129. The smallest absolute Gasteiger partial charge is 0.363 e. The van der Waals surface area contributed by atoms with Crippen LogP contribution in [0.3, 0.4) is 0 Å². The molecule has 1 heterocycles. The second-order valence-electron chi connectivity index (χ2n) is 4.73. The van der Waals surface area contributed by atoms with Gasteiger partial charge in [0.2, 0.25) is 5.90 Å². The van der Waals surface area contributed by atoms with Crippen molar-refractivity contribution in [1.82, 2.24) is 0 Å². The van der Waals surface area contributed by atoms with Crippen LogP contribution in [0.1, 0.15) is 11.1 Å². The number of hydrogen-bond acceptors (Lipinski definition) is 4. The maximum atomic E-state index is 13.7. The van der Waals surface area contributed by atoms with Crippen molar-refractivity contribution in [2.75, 3.05) is 7.11 Å². The molecule has 0 radical (unpaired) electrons. The van der Waals surface area contributed by atoms with Gasteiger partial charge in [-0.3, -0.25) is 0 Å². The van der Waals surface area contributed by atoms with Crippen LogP contribution in [0.5, 0.6) is 5.75 Å². The second kappa shape index (κ2) is 6.00. The summed E-state index contributed by atoms with van der Waals surface area (Å²) in [6.07, 6.45) is 1.51. The van der Waals surface area contributed by atoms with Crippen molar-refractivity contribution < 1.29 is 23.0 Å². The molecule has 0 spiro atoms. The SMILES string of the molecule is COc1ccc(/C=C2\N=C(c3ccc(F)cc3F)OC2=O)cc1. The third-order valence-corrected chi connectivity index (χ3v) is 3.20. The molecule has 0 bridgehead atoms. The summed E-state index contributed by atoms with van der Waals surface area (Å²) in [6.45, 7) is 0. The van der Waals surface area contributed by atoms with Crippen LogP contribution < -0.4 is 4.74 Å². The van der Waals surface area contributed by atoms with Gasteiger partial charge < -0.3 is 9.47 Å². The van der Waals surface area contributed by atoms with Crippen molar-refractivity contribution >= 4 is 17.9 Å². The van der Waals surface area contributed by atoms with Crippen molar-refractivity contribution in [3.8, 4) is 5.75 Å². The van der Waals surface area contributed by atoms with Gasteiger partial charge in [0.05, 0.1) is 12.7 Å². The summed E-state index contributed by atoms with van der Waals surface area (Å²) < 4.78 is 36.6. The summed E-state index contributed by atoms with van der Waals surface area (Å²) in [6, 6.07) is 9.90. The van der Waals surface area contributed by atoms with E-state index in [1.54, 1.807) is 31.4 Å². The summed E-state index contributed by atoms with van der Waals surface area (Å²) in [5, 5.41) is 0. The van der Waals surface area contributed by atoms with Gasteiger partial charge in [0, 0.05) is 6.07 Å². The van der Waals surface area contributed by atoms with Crippen LogP contribution in [0.4, 0.5) is 8.78 Å². The number of nitrogens with zero attached hydrogens (tertiary/aromatic N) is 1.